The van der Waals surface area contributed by atoms with Crippen molar-refractivity contribution in [2.45, 2.75) is 38.0 Å². The summed E-state index contributed by atoms with van der Waals surface area (Å²) in [7, 11) is 1.58. The first-order valence-electron chi connectivity index (χ1n) is 4.85. The molecule has 3 unspecified atom stereocenters. The van der Waals surface area contributed by atoms with E-state index in [0.717, 1.165) is 6.42 Å². The van der Waals surface area contributed by atoms with E-state index in [-0.39, 0.29) is 24.8 Å². The van der Waals surface area contributed by atoms with E-state index in [9.17, 15) is 8.78 Å². The van der Waals surface area contributed by atoms with Gasteiger partial charge in [0.1, 0.15) is 0 Å². The lowest BCUT2D eigenvalue weighted by Gasteiger charge is -2.43. The molecule has 0 spiro atoms. The lowest BCUT2D eigenvalue weighted by molar-refractivity contribution is -0.132. The highest BCUT2D eigenvalue weighted by atomic mass is 19.3. The minimum atomic E-state index is -2.31. The van der Waals surface area contributed by atoms with Crippen molar-refractivity contribution in [1.29, 1.82) is 0 Å². The van der Waals surface area contributed by atoms with Crippen LogP contribution in [0.2, 0.25) is 0 Å². The van der Waals surface area contributed by atoms with E-state index in [0.29, 0.717) is 6.61 Å². The Morgan fingerprint density at radius 3 is 2.71 bits per heavy atom. The summed E-state index contributed by atoms with van der Waals surface area (Å²) in [6, 6.07) is 0.00514. The molecule has 84 valence electrons. The molecule has 0 amide bonds. The normalized spacial score (nSPS) is 31.9. The SMILES string of the molecule is CCOC1CC(NCC(F)F)C1OC. The zero-order valence-electron chi connectivity index (χ0n) is 8.50. The van der Waals surface area contributed by atoms with Gasteiger partial charge < -0.3 is 14.8 Å². The van der Waals surface area contributed by atoms with E-state index in [4.69, 9.17) is 9.47 Å². The monoisotopic (exact) mass is 209 g/mol. The lowest BCUT2D eigenvalue weighted by atomic mass is 9.85. The van der Waals surface area contributed by atoms with Gasteiger partial charge in [0, 0.05) is 19.8 Å². The van der Waals surface area contributed by atoms with Crippen LogP contribution < -0.4 is 5.32 Å². The Morgan fingerprint density at radius 2 is 2.21 bits per heavy atom. The van der Waals surface area contributed by atoms with Gasteiger partial charge >= 0.3 is 0 Å². The van der Waals surface area contributed by atoms with Crippen LogP contribution in [-0.4, -0.2) is 44.9 Å². The fourth-order valence-corrected chi connectivity index (χ4v) is 1.71. The van der Waals surface area contributed by atoms with E-state index < -0.39 is 6.43 Å². The van der Waals surface area contributed by atoms with Crippen molar-refractivity contribution in [1.82, 2.24) is 5.32 Å². The van der Waals surface area contributed by atoms with Crippen molar-refractivity contribution in [3.05, 3.63) is 0 Å². The van der Waals surface area contributed by atoms with Gasteiger partial charge in [-0.2, -0.15) is 0 Å². The number of hydrogen-bond acceptors (Lipinski definition) is 3. The van der Waals surface area contributed by atoms with Gasteiger partial charge in [-0.05, 0) is 13.3 Å². The highest BCUT2D eigenvalue weighted by Crippen LogP contribution is 2.26. The summed E-state index contributed by atoms with van der Waals surface area (Å²) in [5, 5.41) is 2.75. The summed E-state index contributed by atoms with van der Waals surface area (Å²) in [5.41, 5.74) is 0. The standard InChI is InChI=1S/C9H17F2NO2/c1-3-14-7-4-6(9(7)13-2)12-5-8(10)11/h6-9,12H,3-5H2,1-2H3. The summed E-state index contributed by atoms with van der Waals surface area (Å²) in [4.78, 5) is 0. The van der Waals surface area contributed by atoms with Crippen LogP contribution in [0.4, 0.5) is 8.78 Å². The Morgan fingerprint density at radius 1 is 1.50 bits per heavy atom. The first kappa shape index (κ1) is 11.8. The van der Waals surface area contributed by atoms with Gasteiger partial charge in [-0.3, -0.25) is 0 Å². The van der Waals surface area contributed by atoms with Gasteiger partial charge in [0.2, 0.25) is 0 Å². The molecular formula is C9H17F2NO2. The van der Waals surface area contributed by atoms with Crippen LogP contribution in [0.5, 0.6) is 0 Å². The van der Waals surface area contributed by atoms with Crippen LogP contribution in [-0.2, 0) is 9.47 Å². The first-order chi connectivity index (χ1) is 6.69. The summed E-state index contributed by atoms with van der Waals surface area (Å²) >= 11 is 0. The van der Waals surface area contributed by atoms with Crippen LogP contribution in [0.25, 0.3) is 0 Å². The fraction of sp³-hybridized carbons (Fsp3) is 1.00. The number of rotatable bonds is 6. The molecule has 0 heterocycles. The Balaban J connectivity index is 2.22. The molecule has 14 heavy (non-hydrogen) atoms. The van der Waals surface area contributed by atoms with Crippen LogP contribution in [0.3, 0.4) is 0 Å². The van der Waals surface area contributed by atoms with Crippen molar-refractivity contribution in [2.24, 2.45) is 0 Å². The third kappa shape index (κ3) is 2.87. The topological polar surface area (TPSA) is 30.5 Å². The molecule has 0 aromatic carbocycles. The summed E-state index contributed by atoms with van der Waals surface area (Å²) in [5.74, 6) is 0. The quantitative estimate of drug-likeness (QED) is 0.709. The number of hydrogen-bond donors (Lipinski definition) is 1. The van der Waals surface area contributed by atoms with Gasteiger partial charge in [0.25, 0.3) is 6.43 Å². The maximum Gasteiger partial charge on any atom is 0.250 e. The molecule has 3 nitrogen and oxygen atoms in total. The van der Waals surface area contributed by atoms with E-state index in [1.54, 1.807) is 7.11 Å². The highest BCUT2D eigenvalue weighted by molar-refractivity contribution is 4.97. The van der Waals surface area contributed by atoms with Gasteiger partial charge in [0.05, 0.1) is 18.8 Å². The van der Waals surface area contributed by atoms with Crippen LogP contribution in [0.1, 0.15) is 13.3 Å². The van der Waals surface area contributed by atoms with Crippen LogP contribution in [0.15, 0.2) is 0 Å². The second-order valence-electron chi connectivity index (χ2n) is 3.34. The predicted octanol–water partition coefficient (Wildman–Crippen LogP) is 1.03. The van der Waals surface area contributed by atoms with Crippen LogP contribution >= 0.6 is 0 Å². The fourth-order valence-electron chi connectivity index (χ4n) is 1.71. The number of halogens is 2. The molecule has 1 saturated carbocycles. The number of ether oxygens (including phenoxy) is 2. The van der Waals surface area contributed by atoms with Gasteiger partial charge in [0.15, 0.2) is 0 Å². The maximum atomic E-state index is 11.9. The number of methoxy groups -OCH3 is 1. The zero-order valence-corrected chi connectivity index (χ0v) is 8.50. The second kappa shape index (κ2) is 5.58. The molecule has 0 aromatic rings. The summed E-state index contributed by atoms with van der Waals surface area (Å²) in [6.45, 7) is 2.27. The lowest BCUT2D eigenvalue weighted by Crippen LogP contribution is -2.60. The Hall–Kier alpha value is -0.260. The van der Waals surface area contributed by atoms with E-state index in [1.165, 1.54) is 0 Å². The molecule has 0 radical (unpaired) electrons. The van der Waals surface area contributed by atoms with Crippen molar-refractivity contribution in [3.8, 4) is 0 Å². The van der Waals surface area contributed by atoms with E-state index in [1.807, 2.05) is 6.92 Å². The average Bonchev–Trinajstić information content (AvgIpc) is 2.10. The molecular weight excluding hydrogens is 192 g/mol. The Labute approximate surface area is 82.8 Å². The molecule has 0 bridgehead atoms. The zero-order chi connectivity index (χ0) is 10.6. The molecule has 1 aliphatic rings. The van der Waals surface area contributed by atoms with Gasteiger partial charge in [-0.25, -0.2) is 8.78 Å². The van der Waals surface area contributed by atoms with E-state index in [2.05, 4.69) is 5.32 Å². The summed E-state index contributed by atoms with van der Waals surface area (Å²) < 4.78 is 34.3. The molecule has 3 atom stereocenters. The highest BCUT2D eigenvalue weighted by Gasteiger charge is 2.41. The molecule has 0 saturated heterocycles. The minimum Gasteiger partial charge on any atom is -0.377 e. The molecule has 1 aliphatic carbocycles. The maximum absolute atomic E-state index is 11.9. The van der Waals surface area contributed by atoms with Crippen molar-refractivity contribution >= 4 is 0 Å². The Kier molecular flexibility index (Phi) is 4.71. The second-order valence-corrected chi connectivity index (χ2v) is 3.34. The molecule has 5 heteroatoms. The Bertz CT molecular complexity index is 169. The number of alkyl halides is 2. The molecule has 0 aliphatic heterocycles. The molecule has 0 aromatic heterocycles. The average molecular weight is 209 g/mol. The van der Waals surface area contributed by atoms with Gasteiger partial charge in [-0.1, -0.05) is 0 Å². The van der Waals surface area contributed by atoms with E-state index >= 15 is 0 Å². The first-order valence-corrected chi connectivity index (χ1v) is 4.85. The minimum absolute atomic E-state index is 0.00514. The smallest absolute Gasteiger partial charge is 0.250 e. The largest absolute Gasteiger partial charge is 0.377 e. The third-order valence-electron chi connectivity index (χ3n) is 2.44. The van der Waals surface area contributed by atoms with Crippen molar-refractivity contribution < 1.29 is 18.3 Å². The predicted molar refractivity (Wildman–Crippen MR) is 48.6 cm³/mol. The summed E-state index contributed by atoms with van der Waals surface area (Å²) in [6.07, 6.45) is -1.59. The number of nitrogens with one attached hydrogen (secondary N) is 1. The molecule has 1 N–H and O–H groups in total. The molecule has 1 rings (SSSR count). The van der Waals surface area contributed by atoms with Gasteiger partial charge in [-0.15, -0.1) is 0 Å². The van der Waals surface area contributed by atoms with Crippen molar-refractivity contribution in [3.63, 3.8) is 0 Å². The van der Waals surface area contributed by atoms with Crippen molar-refractivity contribution in [2.75, 3.05) is 20.3 Å². The van der Waals surface area contributed by atoms with Crippen LogP contribution in [0, 0.1) is 0 Å². The third-order valence-corrected chi connectivity index (χ3v) is 2.44. The molecule has 1 fully saturated rings.